The van der Waals surface area contributed by atoms with Crippen LogP contribution in [0.5, 0.6) is 17.2 Å². The van der Waals surface area contributed by atoms with Gasteiger partial charge in [-0.25, -0.2) is 10.9 Å². The van der Waals surface area contributed by atoms with E-state index in [0.29, 0.717) is 5.92 Å². The molecule has 6 heteroatoms. The van der Waals surface area contributed by atoms with Gasteiger partial charge in [0.2, 0.25) is 0 Å². The number of hydrogen-bond acceptors (Lipinski definition) is 6. The Hall–Kier alpha value is -3.09. The first-order valence-corrected chi connectivity index (χ1v) is 9.69. The minimum atomic E-state index is 0.172. The predicted molar refractivity (Wildman–Crippen MR) is 110 cm³/mol. The van der Waals surface area contributed by atoms with Crippen LogP contribution in [0.1, 0.15) is 28.8 Å². The fraction of sp³-hybridized carbons (Fsp3) is 0.261. The smallest absolute Gasteiger partial charge is 0.161 e. The summed E-state index contributed by atoms with van der Waals surface area (Å²) in [5.41, 5.74) is 12.5. The van der Waals surface area contributed by atoms with E-state index in [9.17, 15) is 5.11 Å². The highest BCUT2D eigenvalue weighted by Crippen LogP contribution is 2.48. The molecule has 0 amide bonds. The molecular weight excluding hydrogens is 366 g/mol. The molecule has 1 aliphatic heterocycles. The van der Waals surface area contributed by atoms with Crippen LogP contribution in [-0.4, -0.2) is 24.3 Å². The number of phenols is 1. The lowest BCUT2D eigenvalue weighted by Crippen LogP contribution is -2.27. The lowest BCUT2D eigenvalue weighted by atomic mass is 9.91. The van der Waals surface area contributed by atoms with Crippen molar-refractivity contribution in [3.05, 3.63) is 71.4 Å². The zero-order chi connectivity index (χ0) is 20.0. The molecule has 148 valence electrons. The molecule has 1 aliphatic carbocycles. The van der Waals surface area contributed by atoms with E-state index in [-0.39, 0.29) is 17.8 Å². The lowest BCUT2D eigenvalue weighted by Gasteiger charge is -2.17. The Morgan fingerprint density at radius 1 is 0.931 bits per heavy atom. The van der Waals surface area contributed by atoms with Gasteiger partial charge in [-0.3, -0.25) is 4.98 Å². The van der Waals surface area contributed by atoms with Crippen LogP contribution in [0.4, 0.5) is 0 Å². The zero-order valence-electron chi connectivity index (χ0n) is 16.3. The number of hydrazine groups is 1. The maximum atomic E-state index is 9.47. The first-order valence-electron chi connectivity index (χ1n) is 9.69. The van der Waals surface area contributed by atoms with Crippen molar-refractivity contribution >= 4 is 0 Å². The molecule has 2 aromatic carbocycles. The van der Waals surface area contributed by atoms with Crippen molar-refractivity contribution in [1.82, 2.24) is 15.8 Å². The molecule has 1 aromatic heterocycles. The summed E-state index contributed by atoms with van der Waals surface area (Å²) in [6.45, 7) is 0. The third kappa shape index (κ3) is 3.01. The van der Waals surface area contributed by atoms with Gasteiger partial charge in [0.1, 0.15) is 5.75 Å². The van der Waals surface area contributed by atoms with Crippen LogP contribution in [0, 0.1) is 5.92 Å². The van der Waals surface area contributed by atoms with Crippen LogP contribution in [0.2, 0.25) is 0 Å². The number of nitrogens with zero attached hydrogens (tertiary/aromatic N) is 1. The highest BCUT2D eigenvalue weighted by molar-refractivity contribution is 5.60. The summed E-state index contributed by atoms with van der Waals surface area (Å²) in [5.74, 6) is 2.18. The Morgan fingerprint density at radius 3 is 2.34 bits per heavy atom. The number of aromatic nitrogens is 1. The van der Waals surface area contributed by atoms with Crippen molar-refractivity contribution < 1.29 is 14.6 Å². The lowest BCUT2D eigenvalue weighted by molar-refractivity contribution is 0.354. The maximum Gasteiger partial charge on any atom is 0.161 e. The number of nitrogens with one attached hydrogen (secondary N) is 2. The fourth-order valence-electron chi connectivity index (χ4n) is 4.51. The van der Waals surface area contributed by atoms with Crippen molar-refractivity contribution in [2.45, 2.75) is 18.5 Å². The maximum absolute atomic E-state index is 9.47. The normalized spacial score (nSPS) is 22.2. The number of hydrogen-bond donors (Lipinski definition) is 3. The zero-order valence-corrected chi connectivity index (χ0v) is 16.3. The van der Waals surface area contributed by atoms with Gasteiger partial charge >= 0.3 is 0 Å². The van der Waals surface area contributed by atoms with Crippen LogP contribution in [0.15, 0.2) is 54.7 Å². The summed E-state index contributed by atoms with van der Waals surface area (Å²) in [4.78, 5) is 4.65. The van der Waals surface area contributed by atoms with E-state index in [4.69, 9.17) is 9.47 Å². The average Bonchev–Trinajstić information content (AvgIpc) is 3.32. The molecule has 2 aliphatic rings. The molecule has 6 nitrogen and oxygen atoms in total. The number of fused-ring (bicyclic) bond motifs is 3. The summed E-state index contributed by atoms with van der Waals surface area (Å²) in [6.07, 6.45) is 2.90. The fourth-order valence-corrected chi connectivity index (χ4v) is 4.51. The van der Waals surface area contributed by atoms with Gasteiger partial charge in [0.25, 0.3) is 0 Å². The van der Waals surface area contributed by atoms with Gasteiger partial charge in [0.15, 0.2) is 11.5 Å². The molecule has 1 fully saturated rings. The Labute approximate surface area is 169 Å². The molecule has 1 saturated heterocycles. The molecule has 3 aromatic rings. The Morgan fingerprint density at radius 2 is 1.66 bits per heavy atom. The van der Waals surface area contributed by atoms with E-state index in [1.54, 1.807) is 26.4 Å². The number of phenolic OH excluding ortho intramolecular Hbond substituents is 1. The largest absolute Gasteiger partial charge is 0.508 e. The third-order valence-corrected chi connectivity index (χ3v) is 6.00. The molecular formula is C23H23N3O3. The first-order chi connectivity index (χ1) is 14.2. The molecule has 3 N–H and O–H groups in total. The number of benzene rings is 2. The summed E-state index contributed by atoms with van der Waals surface area (Å²) in [6, 6.07) is 15.8. The number of rotatable bonds is 4. The number of methoxy groups -OCH3 is 2. The summed E-state index contributed by atoms with van der Waals surface area (Å²) in [5, 5.41) is 9.47. The van der Waals surface area contributed by atoms with E-state index < -0.39 is 0 Å². The van der Waals surface area contributed by atoms with Crippen molar-refractivity contribution in [2.24, 2.45) is 5.92 Å². The summed E-state index contributed by atoms with van der Waals surface area (Å²) in [7, 11) is 3.34. The molecule has 0 saturated carbocycles. The molecule has 3 unspecified atom stereocenters. The SMILES string of the molecule is COc1cc2c(cc1OC)C1NNC(c3ccc(-c4ccc(O)cc4)nc3)C1C2. The van der Waals surface area contributed by atoms with Gasteiger partial charge in [-0.2, -0.15) is 0 Å². The summed E-state index contributed by atoms with van der Waals surface area (Å²) < 4.78 is 11.0. The predicted octanol–water partition coefficient (Wildman–Crippen LogP) is 3.53. The molecule has 0 radical (unpaired) electrons. The van der Waals surface area contributed by atoms with Crippen LogP contribution in [0.3, 0.4) is 0 Å². The Bertz CT molecular complexity index is 1030. The topological polar surface area (TPSA) is 75.6 Å². The van der Waals surface area contributed by atoms with E-state index >= 15 is 0 Å². The van der Waals surface area contributed by atoms with Crippen LogP contribution >= 0.6 is 0 Å². The first kappa shape index (κ1) is 18.0. The molecule has 3 atom stereocenters. The quantitative estimate of drug-likeness (QED) is 0.634. The summed E-state index contributed by atoms with van der Waals surface area (Å²) >= 11 is 0. The van der Waals surface area contributed by atoms with Crippen molar-refractivity contribution in [3.8, 4) is 28.5 Å². The van der Waals surface area contributed by atoms with Crippen LogP contribution in [0.25, 0.3) is 11.3 Å². The van der Waals surface area contributed by atoms with E-state index in [0.717, 1.165) is 34.7 Å². The molecule has 0 spiro atoms. The minimum Gasteiger partial charge on any atom is -0.508 e. The van der Waals surface area contributed by atoms with E-state index in [2.05, 4.69) is 34.0 Å². The van der Waals surface area contributed by atoms with Crippen LogP contribution in [-0.2, 0) is 6.42 Å². The van der Waals surface area contributed by atoms with Gasteiger partial charge in [-0.1, -0.05) is 6.07 Å². The highest BCUT2D eigenvalue weighted by Gasteiger charge is 2.43. The third-order valence-electron chi connectivity index (χ3n) is 6.00. The standard InChI is InChI=1S/C23H23N3O3/c1-28-20-10-15-9-18-22(25-26-23(18)17(15)11-21(20)29-2)14-5-8-19(24-12-14)13-3-6-16(27)7-4-13/h3-8,10-12,18,22-23,25-27H,9H2,1-2H3. The molecule has 2 heterocycles. The second-order valence-corrected chi connectivity index (χ2v) is 7.54. The van der Waals surface area contributed by atoms with Gasteiger partial charge in [-0.05, 0) is 65.6 Å². The van der Waals surface area contributed by atoms with Gasteiger partial charge in [0, 0.05) is 17.7 Å². The van der Waals surface area contributed by atoms with Crippen molar-refractivity contribution in [2.75, 3.05) is 14.2 Å². The number of pyridine rings is 1. The molecule has 5 rings (SSSR count). The van der Waals surface area contributed by atoms with Crippen molar-refractivity contribution in [3.63, 3.8) is 0 Å². The number of ether oxygens (including phenoxy) is 2. The van der Waals surface area contributed by atoms with Gasteiger partial charge in [0.05, 0.1) is 32.0 Å². The van der Waals surface area contributed by atoms with E-state index in [1.807, 2.05) is 24.4 Å². The van der Waals surface area contributed by atoms with Gasteiger partial charge < -0.3 is 14.6 Å². The van der Waals surface area contributed by atoms with E-state index in [1.165, 1.54) is 11.1 Å². The monoisotopic (exact) mass is 389 g/mol. The van der Waals surface area contributed by atoms with Crippen LogP contribution < -0.4 is 20.3 Å². The number of aromatic hydroxyl groups is 1. The highest BCUT2D eigenvalue weighted by atomic mass is 16.5. The Kier molecular flexibility index (Phi) is 4.38. The molecule has 0 bridgehead atoms. The second kappa shape index (κ2) is 7.06. The minimum absolute atomic E-state index is 0.172. The Balaban J connectivity index is 1.40. The second-order valence-electron chi connectivity index (χ2n) is 7.54. The molecule has 29 heavy (non-hydrogen) atoms. The average molecular weight is 389 g/mol. The van der Waals surface area contributed by atoms with Crippen molar-refractivity contribution in [1.29, 1.82) is 0 Å². The van der Waals surface area contributed by atoms with Gasteiger partial charge in [-0.15, -0.1) is 0 Å².